The smallest absolute Gasteiger partial charge is 0.305 e. The molecule has 0 atom stereocenters. The van der Waals surface area contributed by atoms with Crippen LogP contribution in [0.15, 0.2) is 17.9 Å². The molecule has 0 aromatic carbocycles. The van der Waals surface area contributed by atoms with Gasteiger partial charge in [0.15, 0.2) is 0 Å². The zero-order valence-corrected chi connectivity index (χ0v) is 13.3. The number of methoxy groups -OCH3 is 1. The van der Waals surface area contributed by atoms with Gasteiger partial charge in [-0.25, -0.2) is 0 Å². The van der Waals surface area contributed by atoms with Gasteiger partial charge in [-0.1, -0.05) is 32.6 Å². The second-order valence-corrected chi connectivity index (χ2v) is 5.68. The van der Waals surface area contributed by atoms with Crippen molar-refractivity contribution in [2.75, 3.05) is 18.6 Å². The number of thioether (sulfide) groups is 1. The molecule has 0 radical (unpaired) electrons. The summed E-state index contributed by atoms with van der Waals surface area (Å²) >= 11 is 1.97. The Labute approximate surface area is 122 Å². The summed E-state index contributed by atoms with van der Waals surface area (Å²) < 4.78 is 4.57. The Morgan fingerprint density at radius 1 is 1.16 bits per heavy atom. The first-order valence-electron chi connectivity index (χ1n) is 7.35. The molecule has 0 N–H and O–H groups in total. The van der Waals surface area contributed by atoms with Gasteiger partial charge in [-0.3, -0.25) is 4.79 Å². The topological polar surface area (TPSA) is 26.3 Å². The number of carbonyl (C=O) groups excluding carboxylic acids is 1. The number of hydrogen-bond acceptors (Lipinski definition) is 3. The molecule has 0 rings (SSSR count). The van der Waals surface area contributed by atoms with Crippen LogP contribution < -0.4 is 0 Å². The van der Waals surface area contributed by atoms with E-state index in [1.807, 2.05) is 17.8 Å². The third kappa shape index (κ3) is 15.3. The van der Waals surface area contributed by atoms with E-state index in [9.17, 15) is 4.79 Å². The lowest BCUT2D eigenvalue weighted by Crippen LogP contribution is -1.98. The number of ether oxygens (including phenoxy) is 1. The van der Waals surface area contributed by atoms with Crippen molar-refractivity contribution in [2.24, 2.45) is 0 Å². The van der Waals surface area contributed by atoms with Gasteiger partial charge in [-0.2, -0.15) is 11.8 Å². The predicted octanol–water partition coefficient (Wildman–Crippen LogP) is 4.74. The Bertz CT molecular complexity index is 268. The van der Waals surface area contributed by atoms with Crippen LogP contribution in [0.4, 0.5) is 0 Å². The maximum Gasteiger partial charge on any atom is 0.305 e. The second kappa shape index (κ2) is 15.4. The third-order valence-electron chi connectivity index (χ3n) is 2.79. The molecule has 0 fully saturated rings. The van der Waals surface area contributed by atoms with Gasteiger partial charge >= 0.3 is 5.97 Å². The van der Waals surface area contributed by atoms with E-state index in [-0.39, 0.29) is 5.97 Å². The van der Waals surface area contributed by atoms with Crippen molar-refractivity contribution in [1.82, 2.24) is 0 Å². The largest absolute Gasteiger partial charge is 0.469 e. The van der Waals surface area contributed by atoms with Crippen LogP contribution in [0.1, 0.15) is 58.3 Å². The Balaban J connectivity index is 3.26. The van der Waals surface area contributed by atoms with Gasteiger partial charge in [0.05, 0.1) is 7.11 Å². The first kappa shape index (κ1) is 18.3. The Kier molecular flexibility index (Phi) is 14.9. The fourth-order valence-electron chi connectivity index (χ4n) is 1.62. The molecule has 0 heterocycles. The molecule has 0 amide bonds. The highest BCUT2D eigenvalue weighted by Crippen LogP contribution is 2.08. The summed E-state index contributed by atoms with van der Waals surface area (Å²) in [6, 6.07) is 0. The predicted molar refractivity (Wildman–Crippen MR) is 84.6 cm³/mol. The molecule has 0 spiro atoms. The van der Waals surface area contributed by atoms with Crippen molar-refractivity contribution in [3.05, 3.63) is 17.9 Å². The highest BCUT2D eigenvalue weighted by Gasteiger charge is 1.96. The first-order chi connectivity index (χ1) is 9.31. The van der Waals surface area contributed by atoms with Crippen molar-refractivity contribution in [1.29, 1.82) is 0 Å². The van der Waals surface area contributed by atoms with Crippen LogP contribution in [0, 0.1) is 0 Å². The quantitative estimate of drug-likeness (QED) is 0.294. The summed E-state index contributed by atoms with van der Waals surface area (Å²) in [7, 11) is 1.43. The number of rotatable bonds is 12. The SMILES string of the molecule is CCCCCCCSCC=C=CCCCC(=O)OC. The molecular formula is C16H28O2S. The monoisotopic (exact) mass is 284 g/mol. The summed E-state index contributed by atoms with van der Waals surface area (Å²) in [4.78, 5) is 10.8. The minimum Gasteiger partial charge on any atom is -0.469 e. The van der Waals surface area contributed by atoms with Gasteiger partial charge in [0.2, 0.25) is 0 Å². The van der Waals surface area contributed by atoms with Gasteiger partial charge < -0.3 is 4.74 Å². The van der Waals surface area contributed by atoms with Crippen molar-refractivity contribution >= 4 is 17.7 Å². The standard InChI is InChI=1S/C16H28O2S/c1-3-4-5-8-11-14-19-15-12-9-6-7-10-13-16(17)18-2/h6,12H,3-5,7-8,10-11,13-15H2,1-2H3. The average Bonchev–Trinajstić information content (AvgIpc) is 2.43. The van der Waals surface area contributed by atoms with Crippen LogP contribution in [-0.4, -0.2) is 24.6 Å². The molecule has 110 valence electrons. The lowest BCUT2D eigenvalue weighted by atomic mass is 10.2. The minimum absolute atomic E-state index is 0.129. The normalized spacial score (nSPS) is 9.79. The molecule has 0 aromatic heterocycles. The summed E-state index contributed by atoms with van der Waals surface area (Å²) in [5.74, 6) is 2.17. The molecule has 0 saturated heterocycles. The van der Waals surface area contributed by atoms with Crippen molar-refractivity contribution in [2.45, 2.75) is 58.3 Å². The van der Waals surface area contributed by atoms with E-state index in [4.69, 9.17) is 0 Å². The zero-order chi connectivity index (χ0) is 14.2. The van der Waals surface area contributed by atoms with Crippen LogP contribution in [0.5, 0.6) is 0 Å². The Hall–Kier alpha value is -0.660. The van der Waals surface area contributed by atoms with Gasteiger partial charge in [-0.05, 0) is 37.2 Å². The van der Waals surface area contributed by atoms with Crippen LogP contribution in [0.25, 0.3) is 0 Å². The summed E-state index contributed by atoms with van der Waals surface area (Å²) in [6.07, 6.45) is 13.1. The molecule has 0 aliphatic rings. The van der Waals surface area contributed by atoms with Crippen LogP contribution in [-0.2, 0) is 9.53 Å². The van der Waals surface area contributed by atoms with Gasteiger partial charge in [-0.15, -0.1) is 5.73 Å². The fourth-order valence-corrected chi connectivity index (χ4v) is 2.40. The van der Waals surface area contributed by atoms with Gasteiger partial charge in [0.1, 0.15) is 0 Å². The lowest BCUT2D eigenvalue weighted by Gasteiger charge is -1.98. The minimum atomic E-state index is -0.129. The van der Waals surface area contributed by atoms with Crippen LogP contribution in [0.2, 0.25) is 0 Å². The Morgan fingerprint density at radius 3 is 2.68 bits per heavy atom. The van der Waals surface area contributed by atoms with Crippen molar-refractivity contribution in [3.8, 4) is 0 Å². The third-order valence-corrected chi connectivity index (χ3v) is 3.77. The summed E-state index contributed by atoms with van der Waals surface area (Å²) in [6.45, 7) is 2.25. The molecule has 0 aromatic rings. The van der Waals surface area contributed by atoms with E-state index in [0.29, 0.717) is 6.42 Å². The highest BCUT2D eigenvalue weighted by atomic mass is 32.2. The van der Waals surface area contributed by atoms with E-state index < -0.39 is 0 Å². The number of carbonyl (C=O) groups is 1. The van der Waals surface area contributed by atoms with Crippen LogP contribution in [0.3, 0.4) is 0 Å². The first-order valence-corrected chi connectivity index (χ1v) is 8.50. The van der Waals surface area contributed by atoms with E-state index in [1.54, 1.807) is 0 Å². The molecular weight excluding hydrogens is 256 g/mol. The lowest BCUT2D eigenvalue weighted by molar-refractivity contribution is -0.140. The molecule has 19 heavy (non-hydrogen) atoms. The zero-order valence-electron chi connectivity index (χ0n) is 12.5. The van der Waals surface area contributed by atoms with E-state index in [1.165, 1.54) is 45.0 Å². The number of esters is 1. The van der Waals surface area contributed by atoms with Gasteiger partial charge in [0, 0.05) is 12.2 Å². The molecule has 0 bridgehead atoms. The number of unbranched alkanes of at least 4 members (excludes halogenated alkanes) is 5. The molecule has 0 saturated carbocycles. The maximum atomic E-state index is 10.8. The van der Waals surface area contributed by atoms with E-state index >= 15 is 0 Å². The maximum absolute atomic E-state index is 10.8. The highest BCUT2D eigenvalue weighted by molar-refractivity contribution is 7.99. The Morgan fingerprint density at radius 2 is 1.95 bits per heavy atom. The van der Waals surface area contributed by atoms with E-state index in [0.717, 1.165) is 18.6 Å². The second-order valence-electron chi connectivity index (χ2n) is 4.53. The molecule has 2 nitrogen and oxygen atoms in total. The summed E-state index contributed by atoms with van der Waals surface area (Å²) in [5.41, 5.74) is 3.17. The van der Waals surface area contributed by atoms with Crippen LogP contribution >= 0.6 is 11.8 Å². The van der Waals surface area contributed by atoms with E-state index in [2.05, 4.69) is 23.5 Å². The summed E-state index contributed by atoms with van der Waals surface area (Å²) in [5, 5.41) is 0. The van der Waals surface area contributed by atoms with Crippen molar-refractivity contribution in [3.63, 3.8) is 0 Å². The molecule has 0 aliphatic carbocycles. The van der Waals surface area contributed by atoms with Crippen molar-refractivity contribution < 1.29 is 9.53 Å². The number of hydrogen-bond donors (Lipinski definition) is 0. The molecule has 0 aliphatic heterocycles. The molecule has 0 unspecified atom stereocenters. The average molecular weight is 284 g/mol. The molecule has 3 heteroatoms. The fraction of sp³-hybridized carbons (Fsp3) is 0.750. The van der Waals surface area contributed by atoms with Gasteiger partial charge in [0.25, 0.3) is 0 Å².